The van der Waals surface area contributed by atoms with Crippen LogP contribution in [0, 0.1) is 5.82 Å². The summed E-state index contributed by atoms with van der Waals surface area (Å²) in [6.45, 7) is 1.91. The molecule has 102 valence electrons. The molecule has 1 rings (SSSR count). The average Bonchev–Trinajstić information content (AvgIpc) is 2.28. The molecule has 1 aromatic carbocycles. The van der Waals surface area contributed by atoms with E-state index in [1.807, 2.05) is 0 Å². The number of carbonyl (C=O) groups is 1. The van der Waals surface area contributed by atoms with Crippen LogP contribution in [-0.4, -0.2) is 26.6 Å². The summed E-state index contributed by atoms with van der Waals surface area (Å²) in [6.07, 6.45) is 0. The van der Waals surface area contributed by atoms with Crippen LogP contribution in [0.1, 0.15) is 18.5 Å². The highest BCUT2D eigenvalue weighted by Gasteiger charge is 2.17. The zero-order chi connectivity index (χ0) is 12.8. The Hall–Kier alpha value is -1.33. The number of benzene rings is 1. The van der Waals surface area contributed by atoms with Crippen molar-refractivity contribution in [1.29, 1.82) is 0 Å². The summed E-state index contributed by atoms with van der Waals surface area (Å²) in [5.74, 6) is -0.144. The number of ether oxygens (including phenoxy) is 1. The fraction of sp³-hybridized carbons (Fsp3) is 0.417. The molecule has 0 saturated heterocycles. The van der Waals surface area contributed by atoms with Crippen molar-refractivity contribution in [2.24, 2.45) is 0 Å². The van der Waals surface area contributed by atoms with Gasteiger partial charge < -0.3 is 15.4 Å². The fourth-order valence-electron chi connectivity index (χ4n) is 1.64. The van der Waals surface area contributed by atoms with Gasteiger partial charge in [0.1, 0.15) is 11.6 Å². The van der Waals surface area contributed by atoms with Gasteiger partial charge in [0.05, 0.1) is 25.3 Å². The van der Waals surface area contributed by atoms with Crippen molar-refractivity contribution in [3.8, 4) is 5.75 Å². The van der Waals surface area contributed by atoms with Crippen LogP contribution in [0.15, 0.2) is 18.2 Å². The van der Waals surface area contributed by atoms with E-state index in [4.69, 9.17) is 4.74 Å². The maximum absolute atomic E-state index is 13.7. The van der Waals surface area contributed by atoms with Gasteiger partial charge in [-0.3, -0.25) is 4.79 Å². The maximum atomic E-state index is 13.7. The van der Waals surface area contributed by atoms with Gasteiger partial charge in [-0.15, -0.1) is 12.4 Å². The molecule has 0 fully saturated rings. The van der Waals surface area contributed by atoms with Crippen LogP contribution in [0.4, 0.5) is 4.39 Å². The molecular weight excluding hydrogens is 259 g/mol. The molecule has 1 amide bonds. The van der Waals surface area contributed by atoms with E-state index in [1.54, 1.807) is 26.1 Å². The molecule has 0 aromatic heterocycles. The van der Waals surface area contributed by atoms with Crippen LogP contribution in [0.2, 0.25) is 0 Å². The molecular formula is C12H18ClFN2O2. The third-order valence-corrected chi connectivity index (χ3v) is 2.38. The summed E-state index contributed by atoms with van der Waals surface area (Å²) in [4.78, 5) is 11.4. The summed E-state index contributed by atoms with van der Waals surface area (Å²) < 4.78 is 18.8. The third kappa shape index (κ3) is 4.16. The Kier molecular flexibility index (Phi) is 7.31. The minimum atomic E-state index is -0.438. The Morgan fingerprint density at radius 2 is 2.17 bits per heavy atom. The highest BCUT2D eigenvalue weighted by molar-refractivity contribution is 5.85. The van der Waals surface area contributed by atoms with Gasteiger partial charge >= 0.3 is 0 Å². The lowest BCUT2D eigenvalue weighted by atomic mass is 10.1. The number of amides is 1. The van der Waals surface area contributed by atoms with E-state index in [0.717, 1.165) is 0 Å². The second-order valence-corrected chi connectivity index (χ2v) is 3.68. The molecule has 0 spiro atoms. The molecule has 2 N–H and O–H groups in total. The zero-order valence-electron chi connectivity index (χ0n) is 10.6. The van der Waals surface area contributed by atoms with Crippen molar-refractivity contribution in [1.82, 2.24) is 10.6 Å². The van der Waals surface area contributed by atoms with E-state index >= 15 is 0 Å². The summed E-state index contributed by atoms with van der Waals surface area (Å²) in [6, 6.07) is 4.14. The van der Waals surface area contributed by atoms with Crippen molar-refractivity contribution in [2.45, 2.75) is 13.0 Å². The van der Waals surface area contributed by atoms with Crippen LogP contribution in [0.25, 0.3) is 0 Å². The predicted molar refractivity (Wildman–Crippen MR) is 70.7 cm³/mol. The van der Waals surface area contributed by atoms with E-state index in [2.05, 4.69) is 10.6 Å². The number of hydrogen-bond acceptors (Lipinski definition) is 3. The molecule has 0 heterocycles. The number of nitrogens with one attached hydrogen (secondary N) is 2. The first-order valence-electron chi connectivity index (χ1n) is 5.36. The van der Waals surface area contributed by atoms with Crippen LogP contribution in [0.3, 0.4) is 0 Å². The molecule has 1 atom stereocenters. The van der Waals surface area contributed by atoms with Gasteiger partial charge in [-0.25, -0.2) is 4.39 Å². The van der Waals surface area contributed by atoms with Gasteiger partial charge in [-0.2, -0.15) is 0 Å². The normalized spacial score (nSPS) is 11.3. The van der Waals surface area contributed by atoms with Gasteiger partial charge in [-0.1, -0.05) is 6.07 Å². The van der Waals surface area contributed by atoms with Crippen LogP contribution >= 0.6 is 12.4 Å². The van der Waals surface area contributed by atoms with E-state index in [1.165, 1.54) is 13.2 Å². The smallest absolute Gasteiger partial charge is 0.234 e. The monoisotopic (exact) mass is 276 g/mol. The SMILES string of the molecule is CNCC(=O)NC(C)c1c(F)cccc1OC.Cl. The molecule has 0 aliphatic carbocycles. The second kappa shape index (κ2) is 7.89. The van der Waals surface area contributed by atoms with Crippen molar-refractivity contribution >= 4 is 18.3 Å². The highest BCUT2D eigenvalue weighted by atomic mass is 35.5. The molecule has 4 nitrogen and oxygen atoms in total. The average molecular weight is 277 g/mol. The van der Waals surface area contributed by atoms with Crippen LogP contribution in [-0.2, 0) is 4.79 Å². The highest BCUT2D eigenvalue weighted by Crippen LogP contribution is 2.27. The van der Waals surface area contributed by atoms with Gasteiger partial charge in [0.15, 0.2) is 0 Å². The molecule has 1 aromatic rings. The van der Waals surface area contributed by atoms with Crippen molar-refractivity contribution in [2.75, 3.05) is 20.7 Å². The minimum Gasteiger partial charge on any atom is -0.496 e. The van der Waals surface area contributed by atoms with E-state index in [9.17, 15) is 9.18 Å². The third-order valence-electron chi connectivity index (χ3n) is 2.38. The van der Waals surface area contributed by atoms with Crippen molar-refractivity contribution < 1.29 is 13.9 Å². The van der Waals surface area contributed by atoms with Gasteiger partial charge in [0, 0.05) is 0 Å². The maximum Gasteiger partial charge on any atom is 0.234 e. The molecule has 1 unspecified atom stereocenters. The van der Waals surface area contributed by atoms with Crippen LogP contribution < -0.4 is 15.4 Å². The lowest BCUT2D eigenvalue weighted by molar-refractivity contribution is -0.120. The van der Waals surface area contributed by atoms with E-state index in [-0.39, 0.29) is 30.7 Å². The first kappa shape index (κ1) is 16.7. The second-order valence-electron chi connectivity index (χ2n) is 3.68. The molecule has 0 saturated carbocycles. The van der Waals surface area contributed by atoms with E-state index < -0.39 is 6.04 Å². The van der Waals surface area contributed by atoms with Crippen molar-refractivity contribution in [3.05, 3.63) is 29.6 Å². The largest absolute Gasteiger partial charge is 0.496 e. The van der Waals surface area contributed by atoms with Crippen LogP contribution in [0.5, 0.6) is 5.75 Å². The predicted octanol–water partition coefficient (Wildman–Crippen LogP) is 1.65. The quantitative estimate of drug-likeness (QED) is 0.860. The molecule has 0 radical (unpaired) electrons. The zero-order valence-corrected chi connectivity index (χ0v) is 11.4. The number of carbonyl (C=O) groups excluding carboxylic acids is 1. The van der Waals surface area contributed by atoms with Gasteiger partial charge in [0.2, 0.25) is 5.91 Å². The summed E-state index contributed by atoms with van der Waals surface area (Å²) in [7, 11) is 3.15. The first-order valence-corrected chi connectivity index (χ1v) is 5.36. The Morgan fingerprint density at radius 3 is 2.72 bits per heavy atom. The Morgan fingerprint density at radius 1 is 1.50 bits per heavy atom. The molecule has 0 bridgehead atoms. The summed E-state index contributed by atoms with van der Waals surface area (Å²) in [5.41, 5.74) is 0.361. The number of methoxy groups -OCH3 is 1. The number of rotatable bonds is 5. The number of hydrogen-bond donors (Lipinski definition) is 2. The lowest BCUT2D eigenvalue weighted by Gasteiger charge is -2.17. The molecule has 6 heteroatoms. The van der Waals surface area contributed by atoms with Crippen molar-refractivity contribution in [3.63, 3.8) is 0 Å². The lowest BCUT2D eigenvalue weighted by Crippen LogP contribution is -2.34. The standard InChI is InChI=1S/C12H17FN2O2.ClH/c1-8(15-11(16)7-14-2)12-9(13)5-4-6-10(12)17-3;/h4-6,8,14H,7H2,1-3H3,(H,15,16);1H. The first-order chi connectivity index (χ1) is 8.10. The Bertz CT molecular complexity index is 402. The number of halogens is 2. The topological polar surface area (TPSA) is 50.4 Å². The van der Waals surface area contributed by atoms with Gasteiger partial charge in [-0.05, 0) is 26.1 Å². The fourth-order valence-corrected chi connectivity index (χ4v) is 1.64. The molecule has 0 aliphatic heterocycles. The number of likely N-dealkylation sites (N-methyl/N-ethyl adjacent to an activating group) is 1. The Labute approximate surface area is 112 Å². The van der Waals surface area contributed by atoms with E-state index in [0.29, 0.717) is 11.3 Å². The summed E-state index contributed by atoms with van der Waals surface area (Å²) in [5, 5.41) is 5.42. The molecule has 0 aliphatic rings. The minimum absolute atomic E-state index is 0. The summed E-state index contributed by atoms with van der Waals surface area (Å²) >= 11 is 0. The Balaban J connectivity index is 0.00000289. The molecule has 18 heavy (non-hydrogen) atoms. The van der Waals surface area contributed by atoms with Gasteiger partial charge in [0.25, 0.3) is 0 Å².